The van der Waals surface area contributed by atoms with E-state index >= 15 is 0 Å². The summed E-state index contributed by atoms with van der Waals surface area (Å²) in [6, 6.07) is 10.5. The van der Waals surface area contributed by atoms with Gasteiger partial charge in [-0.2, -0.15) is 0 Å². The summed E-state index contributed by atoms with van der Waals surface area (Å²) >= 11 is 5.43. The zero-order valence-corrected chi connectivity index (χ0v) is 11.8. The minimum atomic E-state index is -1.35. The minimum Gasteiger partial charge on any atom is -0.0897 e. The largest absolute Gasteiger partial charge is 0.0897 e. The summed E-state index contributed by atoms with van der Waals surface area (Å²) in [5.74, 6) is 0. The van der Waals surface area contributed by atoms with E-state index in [4.69, 9.17) is 12.2 Å². The average Bonchev–Trinajstić information content (AvgIpc) is 2.23. The van der Waals surface area contributed by atoms with Crippen LogP contribution in [0.3, 0.4) is 0 Å². The lowest BCUT2D eigenvalue weighted by atomic mass is 9.86. The van der Waals surface area contributed by atoms with Crippen LogP contribution in [-0.4, -0.2) is 12.9 Å². The first-order valence-electron chi connectivity index (χ1n) is 5.47. The molecule has 0 amide bonds. The van der Waals surface area contributed by atoms with Gasteiger partial charge in [0.25, 0.3) is 0 Å². The third kappa shape index (κ3) is 1.72. The van der Waals surface area contributed by atoms with E-state index in [9.17, 15) is 0 Å². The van der Waals surface area contributed by atoms with Gasteiger partial charge in [0.05, 0.1) is 8.07 Å². The highest BCUT2D eigenvalue weighted by Gasteiger charge is 2.36. The van der Waals surface area contributed by atoms with Crippen LogP contribution in [0, 0.1) is 0 Å². The van der Waals surface area contributed by atoms with Gasteiger partial charge in [0.2, 0.25) is 0 Å². The Labute approximate surface area is 104 Å². The van der Waals surface area contributed by atoms with Gasteiger partial charge in [0, 0.05) is 4.86 Å². The van der Waals surface area contributed by atoms with E-state index in [0.29, 0.717) is 0 Å². The Morgan fingerprint density at radius 1 is 1.06 bits per heavy atom. The van der Waals surface area contributed by atoms with Crippen molar-refractivity contribution in [3.05, 3.63) is 53.2 Å². The van der Waals surface area contributed by atoms with Crippen molar-refractivity contribution in [3.63, 3.8) is 0 Å². The van der Waals surface area contributed by atoms with Gasteiger partial charge >= 0.3 is 0 Å². The van der Waals surface area contributed by atoms with Gasteiger partial charge in [-0.1, -0.05) is 68.8 Å². The van der Waals surface area contributed by atoms with Crippen LogP contribution >= 0.6 is 12.2 Å². The molecule has 1 aromatic carbocycles. The fourth-order valence-corrected chi connectivity index (χ4v) is 5.11. The molecule has 0 unspecified atom stereocenters. The molecule has 0 fully saturated rings. The highest BCUT2D eigenvalue weighted by Crippen LogP contribution is 2.42. The van der Waals surface area contributed by atoms with Crippen LogP contribution in [0.1, 0.15) is 5.56 Å². The Hall–Kier alpha value is -0.993. The number of benzene rings is 1. The molecule has 0 heterocycles. The van der Waals surface area contributed by atoms with Gasteiger partial charge in [-0.15, -0.1) is 0 Å². The second-order valence-electron chi connectivity index (χ2n) is 5.17. The maximum Gasteiger partial charge on any atom is 0.0803 e. The molecule has 0 spiro atoms. The SMILES string of the molecule is C=C1C(=S)C([Si](C)(C)C)=C1c1ccccc1. The van der Waals surface area contributed by atoms with Crippen molar-refractivity contribution in [1.29, 1.82) is 0 Å². The third-order valence-electron chi connectivity index (χ3n) is 2.87. The Bertz CT molecular complexity index is 489. The fourth-order valence-electron chi connectivity index (χ4n) is 2.11. The third-order valence-corrected chi connectivity index (χ3v) is 5.50. The van der Waals surface area contributed by atoms with Gasteiger partial charge in [-0.05, 0) is 21.9 Å². The maximum absolute atomic E-state index is 5.43. The molecular weight excluding hydrogens is 228 g/mol. The van der Waals surface area contributed by atoms with Crippen molar-refractivity contribution < 1.29 is 0 Å². The number of allylic oxidation sites excluding steroid dienone is 3. The van der Waals surface area contributed by atoms with E-state index < -0.39 is 8.07 Å². The molecule has 2 rings (SSSR count). The molecule has 0 radical (unpaired) electrons. The first-order chi connectivity index (χ1) is 7.43. The van der Waals surface area contributed by atoms with Crippen molar-refractivity contribution >= 4 is 30.7 Å². The molecule has 0 aliphatic heterocycles. The summed E-state index contributed by atoms with van der Waals surface area (Å²) in [4.78, 5) is 1.01. The number of rotatable bonds is 2. The van der Waals surface area contributed by atoms with Gasteiger partial charge in [-0.3, -0.25) is 0 Å². The molecule has 16 heavy (non-hydrogen) atoms. The molecular formula is C14H16SSi. The van der Waals surface area contributed by atoms with Crippen LogP contribution in [0.4, 0.5) is 0 Å². The summed E-state index contributed by atoms with van der Waals surface area (Å²) < 4.78 is 0. The Morgan fingerprint density at radius 2 is 1.62 bits per heavy atom. The molecule has 0 bridgehead atoms. The summed E-state index contributed by atoms with van der Waals surface area (Å²) in [6.07, 6.45) is 0. The number of hydrogen-bond donors (Lipinski definition) is 0. The fraction of sp³-hybridized carbons (Fsp3) is 0.214. The minimum absolute atomic E-state index is 1.01. The van der Waals surface area contributed by atoms with E-state index in [1.54, 1.807) is 0 Å². The average molecular weight is 244 g/mol. The standard InChI is InChI=1S/C14H16SSi/c1-10-12(11-8-6-5-7-9-11)14(13(10)15)16(2,3)4/h5-9H,1H2,2-4H3. The number of hydrogen-bond acceptors (Lipinski definition) is 1. The maximum atomic E-state index is 5.43. The molecule has 1 aromatic rings. The lowest BCUT2D eigenvalue weighted by molar-refractivity contribution is 1.55. The second kappa shape index (κ2) is 3.79. The van der Waals surface area contributed by atoms with Crippen LogP contribution in [0.2, 0.25) is 19.6 Å². The van der Waals surface area contributed by atoms with Crippen molar-refractivity contribution in [1.82, 2.24) is 0 Å². The second-order valence-corrected chi connectivity index (χ2v) is 10.6. The predicted octanol–water partition coefficient (Wildman–Crippen LogP) is 4.26. The first kappa shape index (κ1) is 11.5. The predicted molar refractivity (Wildman–Crippen MR) is 78.4 cm³/mol. The van der Waals surface area contributed by atoms with E-state index in [0.717, 1.165) is 10.4 Å². The summed E-state index contributed by atoms with van der Waals surface area (Å²) in [5, 5.41) is 1.42. The first-order valence-corrected chi connectivity index (χ1v) is 9.38. The van der Waals surface area contributed by atoms with E-state index in [1.165, 1.54) is 16.3 Å². The molecule has 2 heteroatoms. The number of thiocarbonyl (C=S) groups is 1. The summed E-state index contributed by atoms with van der Waals surface area (Å²) in [6.45, 7) is 11.1. The molecule has 1 aliphatic carbocycles. The molecule has 0 aromatic heterocycles. The van der Waals surface area contributed by atoms with Gasteiger partial charge in [-0.25, -0.2) is 0 Å². The normalized spacial score (nSPS) is 16.4. The molecule has 0 N–H and O–H groups in total. The molecule has 0 nitrogen and oxygen atoms in total. The summed E-state index contributed by atoms with van der Waals surface area (Å²) in [7, 11) is -1.35. The van der Waals surface area contributed by atoms with Crippen LogP contribution in [-0.2, 0) is 0 Å². The zero-order valence-electron chi connectivity index (χ0n) is 10.0. The molecule has 0 saturated heterocycles. The Morgan fingerprint density at radius 3 is 2.12 bits per heavy atom. The Balaban J connectivity index is 2.59. The van der Waals surface area contributed by atoms with Crippen molar-refractivity contribution in [2.75, 3.05) is 0 Å². The molecule has 0 atom stereocenters. The lowest BCUT2D eigenvalue weighted by Gasteiger charge is -2.35. The van der Waals surface area contributed by atoms with Crippen LogP contribution in [0.15, 0.2) is 47.7 Å². The van der Waals surface area contributed by atoms with Crippen molar-refractivity contribution in [2.45, 2.75) is 19.6 Å². The van der Waals surface area contributed by atoms with Gasteiger partial charge < -0.3 is 0 Å². The van der Waals surface area contributed by atoms with Crippen LogP contribution in [0.5, 0.6) is 0 Å². The van der Waals surface area contributed by atoms with E-state index in [-0.39, 0.29) is 0 Å². The van der Waals surface area contributed by atoms with Crippen molar-refractivity contribution in [3.8, 4) is 0 Å². The van der Waals surface area contributed by atoms with Crippen molar-refractivity contribution in [2.24, 2.45) is 0 Å². The van der Waals surface area contributed by atoms with Crippen LogP contribution in [0.25, 0.3) is 5.57 Å². The van der Waals surface area contributed by atoms with E-state index in [1.807, 2.05) is 6.07 Å². The molecule has 82 valence electrons. The van der Waals surface area contributed by atoms with Gasteiger partial charge in [0.15, 0.2) is 0 Å². The topological polar surface area (TPSA) is 0 Å². The highest BCUT2D eigenvalue weighted by molar-refractivity contribution is 7.82. The van der Waals surface area contributed by atoms with Gasteiger partial charge in [0.1, 0.15) is 0 Å². The van der Waals surface area contributed by atoms with Crippen LogP contribution < -0.4 is 0 Å². The highest BCUT2D eigenvalue weighted by atomic mass is 32.1. The molecule has 0 saturated carbocycles. The lowest BCUT2D eigenvalue weighted by Crippen LogP contribution is -2.37. The monoisotopic (exact) mass is 244 g/mol. The van der Waals surface area contributed by atoms with E-state index in [2.05, 4.69) is 50.5 Å². The Kier molecular flexibility index (Phi) is 2.72. The quantitative estimate of drug-likeness (QED) is 0.425. The summed E-state index contributed by atoms with van der Waals surface area (Å²) in [5.41, 5.74) is 3.63. The molecule has 1 aliphatic rings. The zero-order chi connectivity index (χ0) is 11.9. The smallest absolute Gasteiger partial charge is 0.0803 e.